The molecular weight excluding hydrogens is 314 g/mol. The summed E-state index contributed by atoms with van der Waals surface area (Å²) < 4.78 is 0. The van der Waals surface area contributed by atoms with Crippen LogP contribution in [-0.2, 0) is 0 Å². The van der Waals surface area contributed by atoms with Gasteiger partial charge in [-0.15, -0.1) is 11.3 Å². The van der Waals surface area contributed by atoms with Crippen LogP contribution in [0.2, 0.25) is 0 Å². The molecule has 2 aliphatic rings. The van der Waals surface area contributed by atoms with Crippen molar-refractivity contribution in [2.45, 2.75) is 56.4 Å². The SMILES string of the molecule is CCSC1CCC(N(C)C(=O)NC(c2nccs2)C2CC2)C1. The third-order valence-electron chi connectivity index (χ3n) is 4.72. The maximum atomic E-state index is 12.6. The van der Waals surface area contributed by atoms with E-state index in [0.29, 0.717) is 12.0 Å². The lowest BCUT2D eigenvalue weighted by Crippen LogP contribution is -2.44. The summed E-state index contributed by atoms with van der Waals surface area (Å²) in [5.41, 5.74) is 0. The zero-order chi connectivity index (χ0) is 15.5. The van der Waals surface area contributed by atoms with Gasteiger partial charge in [-0.1, -0.05) is 6.92 Å². The number of nitrogens with zero attached hydrogens (tertiary/aromatic N) is 2. The van der Waals surface area contributed by atoms with Crippen molar-refractivity contribution in [3.63, 3.8) is 0 Å². The molecule has 22 heavy (non-hydrogen) atoms. The van der Waals surface area contributed by atoms with Gasteiger partial charge in [-0.3, -0.25) is 0 Å². The Labute approximate surface area is 141 Å². The summed E-state index contributed by atoms with van der Waals surface area (Å²) >= 11 is 3.68. The van der Waals surface area contributed by atoms with Gasteiger partial charge >= 0.3 is 6.03 Å². The number of carbonyl (C=O) groups is 1. The molecule has 4 nitrogen and oxygen atoms in total. The maximum Gasteiger partial charge on any atom is 0.317 e. The third-order valence-corrected chi connectivity index (χ3v) is 6.81. The van der Waals surface area contributed by atoms with Crippen LogP contribution in [-0.4, -0.2) is 40.0 Å². The minimum atomic E-state index is 0.0687. The first kappa shape index (κ1) is 16.1. The lowest BCUT2D eigenvalue weighted by atomic mass is 10.2. The second-order valence-corrected chi connectivity index (χ2v) is 8.79. The highest BCUT2D eigenvalue weighted by molar-refractivity contribution is 7.99. The van der Waals surface area contributed by atoms with Crippen molar-refractivity contribution in [1.82, 2.24) is 15.2 Å². The predicted molar refractivity (Wildman–Crippen MR) is 93.4 cm³/mol. The van der Waals surface area contributed by atoms with Crippen LogP contribution in [0, 0.1) is 5.92 Å². The van der Waals surface area contributed by atoms with E-state index in [4.69, 9.17) is 0 Å². The van der Waals surface area contributed by atoms with Gasteiger partial charge in [0.1, 0.15) is 5.01 Å². The van der Waals surface area contributed by atoms with Gasteiger partial charge < -0.3 is 10.2 Å². The quantitative estimate of drug-likeness (QED) is 0.854. The van der Waals surface area contributed by atoms with Crippen LogP contribution in [0.1, 0.15) is 50.1 Å². The van der Waals surface area contributed by atoms with Gasteiger partial charge in [-0.2, -0.15) is 11.8 Å². The molecule has 2 fully saturated rings. The standard InChI is InChI=1S/C16H25N3OS2/c1-3-21-13-7-6-12(10-13)19(2)16(20)18-14(11-4-5-11)15-17-8-9-22-15/h8-9,11-14H,3-7,10H2,1-2H3,(H,18,20). The van der Waals surface area contributed by atoms with Gasteiger partial charge in [0.15, 0.2) is 0 Å². The molecule has 0 saturated heterocycles. The molecule has 0 bridgehead atoms. The van der Waals surface area contributed by atoms with E-state index in [-0.39, 0.29) is 12.1 Å². The van der Waals surface area contributed by atoms with Crippen molar-refractivity contribution in [2.75, 3.05) is 12.8 Å². The highest BCUT2D eigenvalue weighted by atomic mass is 32.2. The maximum absolute atomic E-state index is 12.6. The molecule has 1 heterocycles. The summed E-state index contributed by atoms with van der Waals surface area (Å²) in [6, 6.07) is 0.566. The number of urea groups is 1. The number of hydrogen-bond acceptors (Lipinski definition) is 4. The number of rotatable bonds is 6. The van der Waals surface area contributed by atoms with Gasteiger partial charge in [0.05, 0.1) is 6.04 Å². The summed E-state index contributed by atoms with van der Waals surface area (Å²) in [5, 5.41) is 7.00. The normalized spacial score (nSPS) is 25.9. The van der Waals surface area contributed by atoms with Crippen molar-refractivity contribution in [3.05, 3.63) is 16.6 Å². The van der Waals surface area contributed by atoms with Gasteiger partial charge in [-0.05, 0) is 43.8 Å². The second-order valence-electron chi connectivity index (χ2n) is 6.29. The fourth-order valence-corrected chi connectivity index (χ4v) is 5.17. The summed E-state index contributed by atoms with van der Waals surface area (Å²) in [4.78, 5) is 19.0. The number of amides is 2. The van der Waals surface area contributed by atoms with Crippen LogP contribution in [0.25, 0.3) is 0 Å². The van der Waals surface area contributed by atoms with Gasteiger partial charge in [-0.25, -0.2) is 9.78 Å². The number of hydrogen-bond donors (Lipinski definition) is 1. The molecule has 3 unspecified atom stereocenters. The van der Waals surface area contributed by atoms with Crippen molar-refractivity contribution in [1.29, 1.82) is 0 Å². The number of carbonyl (C=O) groups excluding carboxylic acids is 1. The Morgan fingerprint density at radius 3 is 2.95 bits per heavy atom. The summed E-state index contributed by atoms with van der Waals surface area (Å²) in [5.74, 6) is 1.75. The molecule has 0 spiro atoms. The van der Waals surface area contributed by atoms with E-state index < -0.39 is 0 Å². The van der Waals surface area contributed by atoms with Gasteiger partial charge in [0.25, 0.3) is 0 Å². The monoisotopic (exact) mass is 339 g/mol. The van der Waals surface area contributed by atoms with Crippen LogP contribution in [0.15, 0.2) is 11.6 Å². The van der Waals surface area contributed by atoms with Crippen LogP contribution in [0.4, 0.5) is 4.79 Å². The van der Waals surface area contributed by atoms with Gasteiger partial charge in [0.2, 0.25) is 0 Å². The largest absolute Gasteiger partial charge is 0.328 e. The number of thioether (sulfide) groups is 1. The van der Waals surface area contributed by atoms with E-state index >= 15 is 0 Å². The van der Waals surface area contributed by atoms with Crippen LogP contribution < -0.4 is 5.32 Å². The molecule has 6 heteroatoms. The zero-order valence-electron chi connectivity index (χ0n) is 13.3. The predicted octanol–water partition coefficient (Wildman–Crippen LogP) is 3.91. The molecule has 1 aromatic rings. The zero-order valence-corrected chi connectivity index (χ0v) is 15.0. The van der Waals surface area contributed by atoms with Crippen molar-refractivity contribution >= 4 is 29.1 Å². The van der Waals surface area contributed by atoms with E-state index in [1.54, 1.807) is 11.3 Å². The number of aromatic nitrogens is 1. The lowest BCUT2D eigenvalue weighted by Gasteiger charge is -2.27. The summed E-state index contributed by atoms with van der Waals surface area (Å²) in [6.45, 7) is 2.21. The molecule has 1 aromatic heterocycles. The Morgan fingerprint density at radius 1 is 1.50 bits per heavy atom. The minimum absolute atomic E-state index is 0.0687. The molecule has 2 saturated carbocycles. The lowest BCUT2D eigenvalue weighted by molar-refractivity contribution is 0.185. The first-order chi connectivity index (χ1) is 10.7. The second kappa shape index (κ2) is 7.21. The molecule has 1 N–H and O–H groups in total. The van der Waals surface area contributed by atoms with E-state index in [1.165, 1.54) is 25.0 Å². The molecule has 2 amide bonds. The topological polar surface area (TPSA) is 45.2 Å². The van der Waals surface area contributed by atoms with Crippen molar-refractivity contribution < 1.29 is 4.79 Å². The molecule has 0 aromatic carbocycles. The Kier molecular flexibility index (Phi) is 5.29. The first-order valence-electron chi connectivity index (χ1n) is 8.23. The fourth-order valence-electron chi connectivity index (χ4n) is 3.26. The Hall–Kier alpha value is -0.750. The molecule has 3 rings (SSSR count). The molecule has 2 aliphatic carbocycles. The van der Waals surface area contributed by atoms with Crippen molar-refractivity contribution in [2.24, 2.45) is 5.92 Å². The number of thiazole rings is 1. The first-order valence-corrected chi connectivity index (χ1v) is 10.2. The molecule has 3 atom stereocenters. The molecule has 0 aliphatic heterocycles. The van der Waals surface area contributed by atoms with Gasteiger partial charge in [0, 0.05) is 29.9 Å². The third kappa shape index (κ3) is 3.77. The number of nitrogens with one attached hydrogen (secondary N) is 1. The molecule has 122 valence electrons. The smallest absolute Gasteiger partial charge is 0.317 e. The Morgan fingerprint density at radius 2 is 2.32 bits per heavy atom. The minimum Gasteiger partial charge on any atom is -0.328 e. The molecule has 0 radical (unpaired) electrons. The van der Waals surface area contributed by atoms with E-state index in [2.05, 4.69) is 17.2 Å². The van der Waals surface area contributed by atoms with E-state index in [1.807, 2.05) is 35.3 Å². The van der Waals surface area contributed by atoms with Crippen LogP contribution in [0.3, 0.4) is 0 Å². The van der Waals surface area contributed by atoms with Crippen LogP contribution >= 0.6 is 23.1 Å². The van der Waals surface area contributed by atoms with Crippen LogP contribution in [0.5, 0.6) is 0 Å². The fraction of sp³-hybridized carbons (Fsp3) is 0.750. The summed E-state index contributed by atoms with van der Waals surface area (Å²) in [7, 11) is 1.95. The average Bonchev–Trinajstić information content (AvgIpc) is 3.01. The van der Waals surface area contributed by atoms with Crippen molar-refractivity contribution in [3.8, 4) is 0 Å². The molecular formula is C16H25N3OS2. The average molecular weight is 340 g/mol. The highest BCUT2D eigenvalue weighted by Crippen LogP contribution is 2.41. The Bertz CT molecular complexity index is 490. The summed E-state index contributed by atoms with van der Waals surface area (Å²) in [6.07, 6.45) is 7.73. The highest BCUT2D eigenvalue weighted by Gasteiger charge is 2.37. The Balaban J connectivity index is 1.56. The van der Waals surface area contributed by atoms with E-state index in [9.17, 15) is 4.79 Å². The van der Waals surface area contributed by atoms with E-state index in [0.717, 1.165) is 23.1 Å².